The SMILES string of the molecule is CC(C)CCN1C(=O)[C@@H]2[C@H](C(=O)NC3CCCCC3)[C@@]3(C)C=C[C@@]2(O3)[C@@H]1C(=O)NC(C)(C)C. The predicted octanol–water partition coefficient (Wildman–Crippen LogP) is 2.94. The molecule has 3 fully saturated rings. The van der Waals surface area contributed by atoms with E-state index in [4.69, 9.17) is 4.74 Å². The van der Waals surface area contributed by atoms with Crippen molar-refractivity contribution in [1.29, 1.82) is 0 Å². The number of carbonyl (C=O) groups excluding carboxylic acids is 3. The van der Waals surface area contributed by atoms with E-state index in [0.717, 1.165) is 32.1 Å². The van der Waals surface area contributed by atoms with Gasteiger partial charge >= 0.3 is 0 Å². The first-order valence-corrected chi connectivity index (χ1v) is 12.7. The first-order chi connectivity index (χ1) is 15.4. The van der Waals surface area contributed by atoms with Gasteiger partial charge in [-0.05, 0) is 52.9 Å². The number of fused-ring (bicyclic) bond motifs is 1. The van der Waals surface area contributed by atoms with Gasteiger partial charge in [0.1, 0.15) is 11.6 Å². The maximum atomic E-state index is 13.9. The fourth-order valence-corrected chi connectivity index (χ4v) is 6.24. The van der Waals surface area contributed by atoms with Crippen molar-refractivity contribution in [2.45, 2.75) is 109 Å². The molecule has 0 aromatic carbocycles. The van der Waals surface area contributed by atoms with E-state index in [1.165, 1.54) is 6.42 Å². The summed E-state index contributed by atoms with van der Waals surface area (Å²) in [5.41, 5.74) is -2.43. The van der Waals surface area contributed by atoms with E-state index in [9.17, 15) is 14.4 Å². The molecule has 4 rings (SSSR count). The summed E-state index contributed by atoms with van der Waals surface area (Å²) >= 11 is 0. The van der Waals surface area contributed by atoms with Crippen molar-refractivity contribution in [2.75, 3.05) is 6.54 Å². The van der Waals surface area contributed by atoms with E-state index >= 15 is 0 Å². The summed E-state index contributed by atoms with van der Waals surface area (Å²) in [7, 11) is 0. The number of nitrogens with zero attached hydrogens (tertiary/aromatic N) is 1. The molecule has 0 radical (unpaired) electrons. The van der Waals surface area contributed by atoms with Crippen molar-refractivity contribution in [3.05, 3.63) is 12.2 Å². The molecule has 3 amide bonds. The lowest BCUT2D eigenvalue weighted by Gasteiger charge is -2.35. The quantitative estimate of drug-likeness (QED) is 0.598. The third-order valence-corrected chi connectivity index (χ3v) is 7.72. The van der Waals surface area contributed by atoms with Gasteiger partial charge in [0.15, 0.2) is 0 Å². The van der Waals surface area contributed by atoms with Gasteiger partial charge in [-0.15, -0.1) is 0 Å². The van der Waals surface area contributed by atoms with Gasteiger partial charge in [-0.25, -0.2) is 0 Å². The highest BCUT2D eigenvalue weighted by molar-refractivity contribution is 6.00. The van der Waals surface area contributed by atoms with Gasteiger partial charge in [0.25, 0.3) is 0 Å². The molecule has 184 valence electrons. The van der Waals surface area contributed by atoms with Crippen LogP contribution in [-0.2, 0) is 19.1 Å². The van der Waals surface area contributed by atoms with Crippen LogP contribution in [0.25, 0.3) is 0 Å². The number of likely N-dealkylation sites (tertiary alicyclic amines) is 1. The van der Waals surface area contributed by atoms with E-state index in [-0.39, 0.29) is 23.8 Å². The van der Waals surface area contributed by atoms with Gasteiger partial charge < -0.3 is 20.3 Å². The largest absolute Gasteiger partial charge is 0.356 e. The molecule has 1 saturated carbocycles. The Labute approximate surface area is 198 Å². The highest BCUT2D eigenvalue weighted by atomic mass is 16.5. The number of rotatable bonds is 6. The third kappa shape index (κ3) is 4.22. The van der Waals surface area contributed by atoms with Crippen LogP contribution < -0.4 is 10.6 Å². The lowest BCUT2D eigenvalue weighted by atomic mass is 9.70. The van der Waals surface area contributed by atoms with Crippen LogP contribution in [0.4, 0.5) is 0 Å². The van der Waals surface area contributed by atoms with Crippen LogP contribution in [0.3, 0.4) is 0 Å². The van der Waals surface area contributed by atoms with Gasteiger partial charge in [-0.1, -0.05) is 45.3 Å². The minimum atomic E-state index is -1.10. The summed E-state index contributed by atoms with van der Waals surface area (Å²) in [6.45, 7) is 12.4. The maximum Gasteiger partial charge on any atom is 0.246 e. The normalized spacial score (nSPS) is 35.9. The second-order valence-corrected chi connectivity index (χ2v) is 12.1. The molecule has 2 saturated heterocycles. The molecule has 3 heterocycles. The monoisotopic (exact) mass is 459 g/mol. The second-order valence-electron chi connectivity index (χ2n) is 12.1. The van der Waals surface area contributed by atoms with Crippen molar-refractivity contribution >= 4 is 17.7 Å². The smallest absolute Gasteiger partial charge is 0.246 e. The first-order valence-electron chi connectivity index (χ1n) is 12.7. The number of hydrogen-bond acceptors (Lipinski definition) is 4. The molecule has 7 heteroatoms. The highest BCUT2D eigenvalue weighted by Crippen LogP contribution is 2.59. The van der Waals surface area contributed by atoms with E-state index in [1.54, 1.807) is 4.90 Å². The third-order valence-electron chi connectivity index (χ3n) is 7.72. The Morgan fingerprint density at radius 2 is 1.82 bits per heavy atom. The number of hydrogen-bond donors (Lipinski definition) is 2. The maximum absolute atomic E-state index is 13.9. The minimum Gasteiger partial charge on any atom is -0.356 e. The molecular weight excluding hydrogens is 418 g/mol. The molecule has 0 unspecified atom stereocenters. The summed E-state index contributed by atoms with van der Waals surface area (Å²) in [5.74, 6) is -1.40. The summed E-state index contributed by atoms with van der Waals surface area (Å²) in [6, 6.07) is -0.624. The van der Waals surface area contributed by atoms with Crippen molar-refractivity contribution in [1.82, 2.24) is 15.5 Å². The summed E-state index contributed by atoms with van der Waals surface area (Å²) in [6.07, 6.45) is 9.99. The molecule has 0 aromatic heterocycles. The van der Waals surface area contributed by atoms with Crippen molar-refractivity contribution in [3.63, 3.8) is 0 Å². The molecular formula is C26H41N3O4. The van der Waals surface area contributed by atoms with Crippen molar-refractivity contribution in [3.8, 4) is 0 Å². The number of amides is 3. The molecule has 7 nitrogen and oxygen atoms in total. The predicted molar refractivity (Wildman–Crippen MR) is 126 cm³/mol. The van der Waals surface area contributed by atoms with Crippen LogP contribution >= 0.6 is 0 Å². The molecule has 3 aliphatic heterocycles. The van der Waals surface area contributed by atoms with Gasteiger partial charge in [-0.2, -0.15) is 0 Å². The molecule has 2 bridgehead atoms. The van der Waals surface area contributed by atoms with Gasteiger partial charge in [0.2, 0.25) is 17.7 Å². The second kappa shape index (κ2) is 8.40. The standard InChI is InChI=1S/C26H41N3O4/c1-16(2)12-15-29-20(22(31)28-24(3,4)5)26-14-13-25(6,33-26)18(19(26)23(29)32)21(30)27-17-10-8-7-9-11-17/h13-14,16-20H,7-12,15H2,1-6H3,(H,27,30)(H,28,31)/t18-,19+,20+,25-,26+/m1/s1. The zero-order chi connectivity index (χ0) is 24.2. The Balaban J connectivity index is 1.67. The topological polar surface area (TPSA) is 87.7 Å². The Morgan fingerprint density at radius 1 is 1.15 bits per heavy atom. The fourth-order valence-electron chi connectivity index (χ4n) is 6.24. The molecule has 5 atom stereocenters. The highest BCUT2D eigenvalue weighted by Gasteiger charge is 2.76. The number of nitrogens with one attached hydrogen (secondary N) is 2. The summed E-state index contributed by atoms with van der Waals surface area (Å²) in [5, 5.41) is 6.29. The average molecular weight is 460 g/mol. The first kappa shape index (κ1) is 24.2. The van der Waals surface area contributed by atoms with Gasteiger partial charge in [0.05, 0.1) is 17.4 Å². The number of carbonyl (C=O) groups is 3. The Hall–Kier alpha value is -1.89. The fraction of sp³-hybridized carbons (Fsp3) is 0.808. The minimum absolute atomic E-state index is 0.116. The average Bonchev–Trinajstić information content (AvgIpc) is 3.26. The van der Waals surface area contributed by atoms with Crippen molar-refractivity contribution in [2.24, 2.45) is 17.8 Å². The van der Waals surface area contributed by atoms with Gasteiger partial charge in [0, 0.05) is 18.1 Å². The Bertz CT molecular complexity index is 841. The van der Waals surface area contributed by atoms with Crippen LogP contribution in [0, 0.1) is 17.8 Å². The molecule has 33 heavy (non-hydrogen) atoms. The van der Waals surface area contributed by atoms with E-state index in [2.05, 4.69) is 24.5 Å². The molecule has 1 spiro atoms. The summed E-state index contributed by atoms with van der Waals surface area (Å²) in [4.78, 5) is 42.7. The van der Waals surface area contributed by atoms with Crippen LogP contribution in [-0.4, -0.2) is 58.0 Å². The van der Waals surface area contributed by atoms with E-state index < -0.39 is 34.6 Å². The molecule has 4 aliphatic rings. The summed E-state index contributed by atoms with van der Waals surface area (Å²) < 4.78 is 6.55. The Kier molecular flexibility index (Phi) is 6.17. The zero-order valence-corrected chi connectivity index (χ0v) is 21.1. The van der Waals surface area contributed by atoms with Crippen LogP contribution in [0.1, 0.15) is 80.1 Å². The van der Waals surface area contributed by atoms with Crippen molar-refractivity contribution < 1.29 is 19.1 Å². The molecule has 1 aliphatic carbocycles. The number of ether oxygens (including phenoxy) is 1. The molecule has 0 aromatic rings. The van der Waals surface area contributed by atoms with Crippen LogP contribution in [0.5, 0.6) is 0 Å². The zero-order valence-electron chi connectivity index (χ0n) is 21.1. The lowest BCUT2D eigenvalue weighted by molar-refractivity contribution is -0.145. The van der Waals surface area contributed by atoms with Crippen LogP contribution in [0.15, 0.2) is 12.2 Å². The van der Waals surface area contributed by atoms with E-state index in [1.807, 2.05) is 39.8 Å². The Morgan fingerprint density at radius 3 is 2.42 bits per heavy atom. The molecule has 2 N–H and O–H groups in total. The van der Waals surface area contributed by atoms with E-state index in [0.29, 0.717) is 12.5 Å². The lowest BCUT2D eigenvalue weighted by Crippen LogP contribution is -2.58. The van der Waals surface area contributed by atoms with Gasteiger partial charge in [-0.3, -0.25) is 14.4 Å². The van der Waals surface area contributed by atoms with Crippen LogP contribution in [0.2, 0.25) is 0 Å².